The molecule has 255 valence electrons. The maximum atomic E-state index is 4.57. The van der Waals surface area contributed by atoms with Gasteiger partial charge in [-0.1, -0.05) is 125 Å². The monoisotopic (exact) mass is 743 g/mol. The van der Waals surface area contributed by atoms with Gasteiger partial charge in [0.1, 0.15) is 0 Å². The van der Waals surface area contributed by atoms with Crippen molar-refractivity contribution in [3.63, 3.8) is 0 Å². The Kier molecular flexibility index (Phi) is 39.3. The molecule has 0 spiro atoms. The Balaban J connectivity index is -0.000000243. The molecule has 0 aliphatic rings. The summed E-state index contributed by atoms with van der Waals surface area (Å²) in [4.78, 5) is 0. The molecule has 0 atom stereocenters. The molecule has 0 fully saturated rings. The van der Waals surface area contributed by atoms with Gasteiger partial charge in [-0.15, -0.1) is 23.8 Å². The van der Waals surface area contributed by atoms with Crippen LogP contribution in [0.2, 0.25) is 0 Å². The summed E-state index contributed by atoms with van der Waals surface area (Å²) < 4.78 is 0. The summed E-state index contributed by atoms with van der Waals surface area (Å²) >= 11 is 1.82. The van der Waals surface area contributed by atoms with Crippen molar-refractivity contribution in [1.82, 2.24) is 0 Å². The summed E-state index contributed by atoms with van der Waals surface area (Å²) in [6.45, 7) is 42.4. The first-order valence-electron chi connectivity index (χ1n) is 17.0. The average Bonchev–Trinajstić information content (AvgIpc) is 2.71. The fraction of sp³-hybridized carbons (Fsp3) is 1.00. The van der Waals surface area contributed by atoms with Gasteiger partial charge >= 0.3 is 27.0 Å². The molecule has 0 aliphatic carbocycles. The molecule has 0 N–H and O–H groups in total. The van der Waals surface area contributed by atoms with Crippen LogP contribution in [-0.2, 0) is 17.3 Å². The minimum atomic E-state index is 0.321. The van der Waals surface area contributed by atoms with E-state index in [0.717, 1.165) is 53.3 Å². The van der Waals surface area contributed by atoms with Gasteiger partial charge in [0.15, 0.2) is 0 Å². The predicted molar refractivity (Wildman–Crippen MR) is 204 cm³/mol. The van der Waals surface area contributed by atoms with Gasteiger partial charge in [0.05, 0.1) is 0 Å². The zero-order valence-electron chi connectivity index (χ0n) is 31.6. The second-order valence-corrected chi connectivity index (χ2v) is 23.5. The van der Waals surface area contributed by atoms with Crippen LogP contribution < -0.4 is 0 Å². The summed E-state index contributed by atoms with van der Waals surface area (Å²) in [6.07, 6.45) is 13.3. The van der Waals surface area contributed by atoms with E-state index in [1.165, 1.54) is 55.5 Å². The molecule has 0 aromatic heterocycles. The van der Waals surface area contributed by atoms with Crippen LogP contribution in [0.15, 0.2) is 0 Å². The molecule has 0 aromatic carbocycles. The van der Waals surface area contributed by atoms with E-state index in [0.29, 0.717) is 23.8 Å². The van der Waals surface area contributed by atoms with E-state index in [-0.39, 0.29) is 0 Å². The van der Waals surface area contributed by atoms with E-state index in [1.54, 1.807) is 0 Å². The molecule has 0 aromatic rings. The Morgan fingerprint density at radius 2 is 0.341 bits per heavy atom. The van der Waals surface area contributed by atoms with Crippen LogP contribution in [0.3, 0.4) is 0 Å². The second-order valence-electron chi connectivity index (χ2n) is 16.2. The first-order valence-corrected chi connectivity index (χ1v) is 25.0. The van der Waals surface area contributed by atoms with Crippen LogP contribution in [0.25, 0.3) is 0 Å². The van der Waals surface area contributed by atoms with E-state index in [2.05, 4.69) is 134 Å². The van der Waals surface area contributed by atoms with Crippen molar-refractivity contribution < 1.29 is 17.3 Å². The van der Waals surface area contributed by atoms with Gasteiger partial charge in [0.25, 0.3) is 0 Å². The van der Waals surface area contributed by atoms with Gasteiger partial charge < -0.3 is 0 Å². The van der Waals surface area contributed by atoms with Crippen molar-refractivity contribution >= 4 is 33.5 Å². The molecule has 0 radical (unpaired) electrons. The van der Waals surface area contributed by atoms with E-state index in [9.17, 15) is 0 Å². The first kappa shape index (κ1) is 50.1. The number of hydrogen-bond donors (Lipinski definition) is 0. The quantitative estimate of drug-likeness (QED) is 0.0969. The van der Waals surface area contributed by atoms with Gasteiger partial charge in [0.2, 0.25) is 0 Å². The molecule has 0 rings (SSSR count). The summed E-state index contributed by atoms with van der Waals surface area (Å²) in [5, 5.41) is 0. The van der Waals surface area contributed by atoms with E-state index < -0.39 is 0 Å². The van der Waals surface area contributed by atoms with Crippen molar-refractivity contribution in [2.75, 3.05) is 55.5 Å². The first-order chi connectivity index (χ1) is 18.7. The summed E-state index contributed by atoms with van der Waals surface area (Å²) in [7, 11) is 5.53. The van der Waals surface area contributed by atoms with Crippen LogP contribution in [-0.4, -0.2) is 55.5 Å². The van der Waals surface area contributed by atoms with Gasteiger partial charge in [-0.2, -0.15) is 0 Å². The molecule has 41 heavy (non-hydrogen) atoms. The molecule has 0 saturated heterocycles. The molecule has 0 aliphatic heterocycles. The van der Waals surface area contributed by atoms with Crippen molar-refractivity contribution in [2.45, 2.75) is 125 Å². The summed E-state index contributed by atoms with van der Waals surface area (Å²) in [5.41, 5.74) is 0. The summed E-state index contributed by atoms with van der Waals surface area (Å²) in [5.74, 6) is 8.03. The molecular weight excluding hydrogens is 662 g/mol. The molecular formula is C36H81ClP3Ru. The third-order valence-corrected chi connectivity index (χ3v) is 16.8. The molecule has 0 bridgehead atoms. The van der Waals surface area contributed by atoms with E-state index in [1.807, 2.05) is 17.3 Å². The maximum absolute atomic E-state index is 4.57. The Morgan fingerprint density at radius 1 is 0.268 bits per heavy atom. The Bertz CT molecular complexity index is 362. The van der Waals surface area contributed by atoms with Crippen LogP contribution in [0.1, 0.15) is 125 Å². The minimum absolute atomic E-state index is 0.321. The predicted octanol–water partition coefficient (Wildman–Crippen LogP) is 14.0. The third-order valence-electron chi connectivity index (χ3n) is 5.61. The van der Waals surface area contributed by atoms with Gasteiger partial charge in [-0.3, -0.25) is 0 Å². The number of hydrogen-bond acceptors (Lipinski definition) is 0. The second kappa shape index (κ2) is 32.2. The van der Waals surface area contributed by atoms with Crippen molar-refractivity contribution in [3.8, 4) is 0 Å². The SMILES string of the molecule is CC(C)CP(CC(C)C)CC(C)C.CC(C)CP(CC(C)C)CC(C)C.CC(C)CP(CC(C)C)CC(C)C.[Cl][Ru]. The van der Waals surface area contributed by atoms with Crippen LogP contribution in [0.5, 0.6) is 0 Å². The van der Waals surface area contributed by atoms with Gasteiger partial charge in [-0.25, -0.2) is 0 Å². The van der Waals surface area contributed by atoms with Crippen LogP contribution in [0.4, 0.5) is 0 Å². The van der Waals surface area contributed by atoms with Crippen LogP contribution in [0, 0.1) is 53.3 Å². The van der Waals surface area contributed by atoms with E-state index >= 15 is 0 Å². The van der Waals surface area contributed by atoms with Crippen LogP contribution >= 0.6 is 33.5 Å². The number of rotatable bonds is 18. The molecule has 0 unspecified atom stereocenters. The van der Waals surface area contributed by atoms with Crippen molar-refractivity contribution in [2.24, 2.45) is 53.3 Å². The zero-order chi connectivity index (χ0) is 33.3. The molecule has 0 heterocycles. The normalized spacial score (nSPS) is 12.0. The van der Waals surface area contributed by atoms with E-state index in [4.69, 9.17) is 0 Å². The Morgan fingerprint density at radius 3 is 0.390 bits per heavy atom. The molecule has 5 heteroatoms. The summed E-state index contributed by atoms with van der Waals surface area (Å²) in [6, 6.07) is 0. The topological polar surface area (TPSA) is 0 Å². The third kappa shape index (κ3) is 46.7. The average molecular weight is 743 g/mol. The van der Waals surface area contributed by atoms with Gasteiger partial charge in [0, 0.05) is 0 Å². The van der Waals surface area contributed by atoms with Crippen molar-refractivity contribution in [1.29, 1.82) is 0 Å². The molecule has 0 nitrogen and oxygen atoms in total. The number of halogens is 1. The fourth-order valence-electron chi connectivity index (χ4n) is 5.32. The Labute approximate surface area is 282 Å². The molecule has 0 amide bonds. The standard InChI is InChI=1S/3C12H27P.ClH.Ru/c3*1-10(2)7-13(8-11(3)4)9-12(5)6;;/h3*10-12H,7-9H2,1-6H3;1H;/q;;;;+1/p-1. The zero-order valence-corrected chi connectivity index (χ0v) is 36.8. The fourth-order valence-corrected chi connectivity index (χ4v) is 16.0. The van der Waals surface area contributed by atoms with Crippen molar-refractivity contribution in [3.05, 3.63) is 0 Å². The van der Waals surface area contributed by atoms with Gasteiger partial charge in [-0.05, 0) is 109 Å². The molecule has 0 saturated carbocycles. The Hall–Kier alpha value is 2.20.